The molecule has 0 aliphatic carbocycles. The second kappa shape index (κ2) is 4.14. The van der Waals surface area contributed by atoms with Crippen LogP contribution in [0.5, 0.6) is 0 Å². The van der Waals surface area contributed by atoms with E-state index >= 15 is 0 Å². The Hall–Kier alpha value is -1.16. The maximum Gasteiger partial charge on any atom is 0.182 e. The van der Waals surface area contributed by atoms with E-state index in [-0.39, 0.29) is 0 Å². The van der Waals surface area contributed by atoms with Gasteiger partial charge in [-0.2, -0.15) is 0 Å². The zero-order valence-corrected chi connectivity index (χ0v) is 8.42. The molecule has 2 nitrogen and oxygen atoms in total. The molecule has 0 amide bonds. The summed E-state index contributed by atoms with van der Waals surface area (Å²) in [5.74, 6) is -1.15. The first kappa shape index (κ1) is 10.4. The van der Waals surface area contributed by atoms with Gasteiger partial charge in [-0.25, -0.2) is 8.78 Å². The molecule has 0 saturated carbocycles. The van der Waals surface area contributed by atoms with Crippen LogP contribution in [-0.2, 0) is 0 Å². The lowest BCUT2D eigenvalue weighted by molar-refractivity contribution is 0.507. The lowest BCUT2D eigenvalue weighted by atomic mass is 10.1. The molecule has 1 aromatic carbocycles. The Morgan fingerprint density at radius 2 is 2.20 bits per heavy atom. The minimum atomic E-state index is -0.788. The Kier molecular flexibility index (Phi) is 2.86. The van der Waals surface area contributed by atoms with Gasteiger partial charge in [-0.1, -0.05) is 6.07 Å². The molecule has 0 bridgehead atoms. The summed E-state index contributed by atoms with van der Waals surface area (Å²) in [6.07, 6.45) is 0.951. The Morgan fingerprint density at radius 3 is 2.87 bits per heavy atom. The highest BCUT2D eigenvalue weighted by Gasteiger charge is 2.24. The molecule has 82 valence electrons. The van der Waals surface area contributed by atoms with Crippen LogP contribution in [0.3, 0.4) is 0 Å². The summed E-state index contributed by atoms with van der Waals surface area (Å²) in [6, 6.07) is 4.27. The van der Waals surface area contributed by atoms with Crippen molar-refractivity contribution in [3.63, 3.8) is 0 Å². The van der Waals surface area contributed by atoms with Gasteiger partial charge >= 0.3 is 0 Å². The van der Waals surface area contributed by atoms with E-state index in [0.717, 1.165) is 25.6 Å². The molecule has 0 aromatic heterocycles. The molecule has 1 heterocycles. The van der Waals surface area contributed by atoms with Crippen LogP contribution < -0.4 is 10.6 Å². The van der Waals surface area contributed by atoms with Crippen molar-refractivity contribution in [2.24, 2.45) is 11.7 Å². The topological polar surface area (TPSA) is 29.3 Å². The molecular formula is C11H14F2N2. The lowest BCUT2D eigenvalue weighted by Crippen LogP contribution is -2.23. The largest absolute Gasteiger partial charge is 0.369 e. The van der Waals surface area contributed by atoms with Gasteiger partial charge in [-0.05, 0) is 31.0 Å². The van der Waals surface area contributed by atoms with Crippen LogP contribution in [0.2, 0.25) is 0 Å². The fraction of sp³-hybridized carbons (Fsp3) is 0.455. The first-order chi connectivity index (χ1) is 7.22. The summed E-state index contributed by atoms with van der Waals surface area (Å²) in [7, 11) is 0. The van der Waals surface area contributed by atoms with Gasteiger partial charge in [-0.3, -0.25) is 0 Å². The summed E-state index contributed by atoms with van der Waals surface area (Å²) in [6.45, 7) is 2.08. The Morgan fingerprint density at radius 1 is 1.40 bits per heavy atom. The number of nitrogens with zero attached hydrogens (tertiary/aromatic N) is 1. The number of halogens is 2. The van der Waals surface area contributed by atoms with Gasteiger partial charge in [0, 0.05) is 13.1 Å². The summed E-state index contributed by atoms with van der Waals surface area (Å²) in [4.78, 5) is 1.86. The van der Waals surface area contributed by atoms with E-state index in [1.54, 1.807) is 6.07 Å². The number of benzene rings is 1. The first-order valence-corrected chi connectivity index (χ1v) is 5.11. The Bertz CT molecular complexity index is 354. The van der Waals surface area contributed by atoms with Crippen molar-refractivity contribution in [3.8, 4) is 0 Å². The average Bonchev–Trinajstić information content (AvgIpc) is 2.70. The molecule has 4 heteroatoms. The summed E-state index contributed by atoms with van der Waals surface area (Å²) >= 11 is 0. The van der Waals surface area contributed by atoms with E-state index in [4.69, 9.17) is 5.73 Å². The van der Waals surface area contributed by atoms with Crippen LogP contribution in [0, 0.1) is 17.6 Å². The molecule has 0 spiro atoms. The summed E-state index contributed by atoms with van der Waals surface area (Å²) in [5.41, 5.74) is 5.90. The molecule has 15 heavy (non-hydrogen) atoms. The van der Waals surface area contributed by atoms with Crippen LogP contribution in [0.15, 0.2) is 18.2 Å². The van der Waals surface area contributed by atoms with Crippen molar-refractivity contribution in [1.82, 2.24) is 0 Å². The highest BCUT2D eigenvalue weighted by atomic mass is 19.2. The van der Waals surface area contributed by atoms with Crippen molar-refractivity contribution < 1.29 is 8.78 Å². The highest BCUT2D eigenvalue weighted by molar-refractivity contribution is 5.49. The van der Waals surface area contributed by atoms with Crippen molar-refractivity contribution in [2.45, 2.75) is 6.42 Å². The summed E-state index contributed by atoms with van der Waals surface area (Å²) in [5, 5.41) is 0. The monoisotopic (exact) mass is 212 g/mol. The predicted molar refractivity (Wildman–Crippen MR) is 55.7 cm³/mol. The molecule has 0 radical (unpaired) electrons. The van der Waals surface area contributed by atoms with Crippen LogP contribution in [0.25, 0.3) is 0 Å². The number of rotatable bonds is 2. The molecule has 2 rings (SSSR count). The summed E-state index contributed by atoms with van der Waals surface area (Å²) < 4.78 is 26.4. The molecule has 1 unspecified atom stereocenters. The first-order valence-electron chi connectivity index (χ1n) is 5.11. The van der Waals surface area contributed by atoms with Gasteiger partial charge in [0.05, 0.1) is 5.69 Å². The second-order valence-electron chi connectivity index (χ2n) is 3.91. The molecule has 1 aromatic rings. The van der Waals surface area contributed by atoms with Gasteiger partial charge in [0.2, 0.25) is 0 Å². The molecule has 2 N–H and O–H groups in total. The Balaban J connectivity index is 2.20. The maximum atomic E-state index is 13.4. The number of anilines is 1. The third-order valence-electron chi connectivity index (χ3n) is 2.89. The minimum absolute atomic E-state index is 0.353. The maximum absolute atomic E-state index is 13.4. The fourth-order valence-electron chi connectivity index (χ4n) is 1.98. The lowest BCUT2D eigenvalue weighted by Gasteiger charge is -2.19. The molecule has 1 atom stereocenters. The average molecular weight is 212 g/mol. The van der Waals surface area contributed by atoms with Crippen molar-refractivity contribution in [2.75, 3.05) is 24.5 Å². The van der Waals surface area contributed by atoms with Gasteiger partial charge in [0.15, 0.2) is 11.6 Å². The normalized spacial score (nSPS) is 21.0. The van der Waals surface area contributed by atoms with E-state index in [2.05, 4.69) is 0 Å². The van der Waals surface area contributed by atoms with Gasteiger partial charge in [-0.15, -0.1) is 0 Å². The van der Waals surface area contributed by atoms with Crippen molar-refractivity contribution >= 4 is 5.69 Å². The standard InChI is InChI=1S/C11H14F2N2/c12-9-2-1-3-10(11(9)13)15-5-4-8(6-14)7-15/h1-3,8H,4-7,14H2. The van der Waals surface area contributed by atoms with Crippen LogP contribution in [-0.4, -0.2) is 19.6 Å². The number of nitrogens with two attached hydrogens (primary N) is 1. The van der Waals surface area contributed by atoms with Crippen molar-refractivity contribution in [1.29, 1.82) is 0 Å². The molecule has 1 fully saturated rings. The van der Waals surface area contributed by atoms with Crippen LogP contribution in [0.1, 0.15) is 6.42 Å². The van der Waals surface area contributed by atoms with E-state index in [9.17, 15) is 8.78 Å². The predicted octanol–water partition coefficient (Wildman–Crippen LogP) is 1.75. The quantitative estimate of drug-likeness (QED) is 0.809. The van der Waals surface area contributed by atoms with Gasteiger partial charge < -0.3 is 10.6 Å². The van der Waals surface area contributed by atoms with Gasteiger partial charge in [0.25, 0.3) is 0 Å². The molecule has 1 aliphatic heterocycles. The van der Waals surface area contributed by atoms with E-state index < -0.39 is 11.6 Å². The van der Waals surface area contributed by atoms with E-state index in [1.807, 2.05) is 4.90 Å². The van der Waals surface area contributed by atoms with Gasteiger partial charge in [0.1, 0.15) is 0 Å². The number of hydrogen-bond acceptors (Lipinski definition) is 2. The molecule has 1 saturated heterocycles. The van der Waals surface area contributed by atoms with E-state index in [1.165, 1.54) is 6.07 Å². The molecular weight excluding hydrogens is 198 g/mol. The fourth-order valence-corrected chi connectivity index (χ4v) is 1.98. The van der Waals surface area contributed by atoms with Crippen LogP contribution in [0.4, 0.5) is 14.5 Å². The molecule has 1 aliphatic rings. The third kappa shape index (κ3) is 1.95. The zero-order chi connectivity index (χ0) is 10.8. The minimum Gasteiger partial charge on any atom is -0.369 e. The van der Waals surface area contributed by atoms with E-state index in [0.29, 0.717) is 18.2 Å². The van der Waals surface area contributed by atoms with Crippen molar-refractivity contribution in [3.05, 3.63) is 29.8 Å². The highest BCUT2D eigenvalue weighted by Crippen LogP contribution is 2.26. The second-order valence-corrected chi connectivity index (χ2v) is 3.91. The number of hydrogen-bond donors (Lipinski definition) is 1. The van der Waals surface area contributed by atoms with Crippen LogP contribution >= 0.6 is 0 Å². The SMILES string of the molecule is NCC1CCN(c2cccc(F)c2F)C1. The Labute approximate surface area is 87.7 Å². The third-order valence-corrected chi connectivity index (χ3v) is 2.89. The zero-order valence-electron chi connectivity index (χ0n) is 8.42. The smallest absolute Gasteiger partial charge is 0.182 e.